The number of benzene rings is 2. The van der Waals surface area contributed by atoms with Gasteiger partial charge < -0.3 is 4.90 Å². The van der Waals surface area contributed by atoms with Crippen molar-refractivity contribution in [1.82, 2.24) is 14.9 Å². The lowest BCUT2D eigenvalue weighted by Crippen LogP contribution is -2.32. The molecular weight excluding hydrogens is 346 g/mol. The van der Waals surface area contributed by atoms with E-state index in [-0.39, 0.29) is 5.91 Å². The number of carbonyl (C=O) groups is 1. The van der Waals surface area contributed by atoms with Crippen molar-refractivity contribution in [2.24, 2.45) is 0 Å². The fraction of sp³-hybridized carbons (Fsp3) is 0.208. The molecule has 4 rings (SSSR count). The Labute approximate surface area is 164 Å². The Morgan fingerprint density at radius 1 is 0.821 bits per heavy atom. The highest BCUT2D eigenvalue weighted by molar-refractivity contribution is 5.95. The molecule has 0 fully saturated rings. The molecule has 140 valence electrons. The molecule has 0 aliphatic heterocycles. The van der Waals surface area contributed by atoms with Gasteiger partial charge in [-0.2, -0.15) is 0 Å². The Hall–Kier alpha value is -3.27. The molecular formula is C24H23N3O. The maximum absolute atomic E-state index is 13.2. The lowest BCUT2D eigenvalue weighted by molar-refractivity contribution is 0.0733. The van der Waals surface area contributed by atoms with Crippen molar-refractivity contribution in [2.45, 2.75) is 26.3 Å². The van der Waals surface area contributed by atoms with Crippen LogP contribution in [0.1, 0.15) is 35.9 Å². The van der Waals surface area contributed by atoms with Crippen molar-refractivity contribution in [2.75, 3.05) is 6.54 Å². The fourth-order valence-electron chi connectivity index (χ4n) is 3.34. The summed E-state index contributed by atoms with van der Waals surface area (Å²) in [4.78, 5) is 24.4. The van der Waals surface area contributed by atoms with Crippen molar-refractivity contribution >= 4 is 27.7 Å². The second-order valence-corrected chi connectivity index (χ2v) is 6.96. The summed E-state index contributed by atoms with van der Waals surface area (Å²) in [7, 11) is 0. The van der Waals surface area contributed by atoms with Gasteiger partial charge in [-0.05, 0) is 30.7 Å². The van der Waals surface area contributed by atoms with Crippen molar-refractivity contribution in [3.05, 3.63) is 84.2 Å². The van der Waals surface area contributed by atoms with E-state index in [1.165, 1.54) is 0 Å². The third-order valence-electron chi connectivity index (χ3n) is 4.90. The van der Waals surface area contributed by atoms with Crippen LogP contribution in [-0.2, 0) is 6.54 Å². The monoisotopic (exact) mass is 369 g/mol. The first-order valence-corrected chi connectivity index (χ1v) is 9.74. The molecule has 0 N–H and O–H groups in total. The maximum Gasteiger partial charge on any atom is 0.272 e. The standard InChI is InChI=1S/C24H23N3O/c1-2-3-16-27(17-20-14-12-18-8-4-6-10-21(18)25-20)24(28)23-15-13-19-9-5-7-11-22(19)26-23/h4-15H,2-3,16-17H2,1H3. The second-order valence-electron chi connectivity index (χ2n) is 6.96. The van der Waals surface area contributed by atoms with Gasteiger partial charge in [-0.25, -0.2) is 4.98 Å². The lowest BCUT2D eigenvalue weighted by Gasteiger charge is -2.22. The molecule has 4 aromatic rings. The summed E-state index contributed by atoms with van der Waals surface area (Å²) in [5.74, 6) is -0.0471. The van der Waals surface area contributed by atoms with Gasteiger partial charge in [-0.15, -0.1) is 0 Å². The van der Waals surface area contributed by atoms with Crippen molar-refractivity contribution in [3.8, 4) is 0 Å². The van der Waals surface area contributed by atoms with E-state index in [4.69, 9.17) is 4.98 Å². The molecule has 0 bridgehead atoms. The van der Waals surface area contributed by atoms with Crippen LogP contribution in [0.3, 0.4) is 0 Å². The zero-order valence-electron chi connectivity index (χ0n) is 16.0. The van der Waals surface area contributed by atoms with Gasteiger partial charge in [0.15, 0.2) is 0 Å². The molecule has 0 saturated heterocycles. The summed E-state index contributed by atoms with van der Waals surface area (Å²) in [6.07, 6.45) is 1.98. The Morgan fingerprint density at radius 2 is 1.46 bits per heavy atom. The minimum Gasteiger partial charge on any atom is -0.331 e. The SMILES string of the molecule is CCCCN(Cc1ccc2ccccc2n1)C(=O)c1ccc2ccccc2n1. The highest BCUT2D eigenvalue weighted by atomic mass is 16.2. The Kier molecular flexibility index (Phi) is 5.29. The van der Waals surface area contributed by atoms with Crippen LogP contribution >= 0.6 is 0 Å². The molecule has 0 saturated carbocycles. The Bertz CT molecular complexity index is 1120. The van der Waals surface area contributed by atoms with Gasteiger partial charge in [0.05, 0.1) is 23.3 Å². The number of fused-ring (bicyclic) bond motifs is 2. The van der Waals surface area contributed by atoms with Gasteiger partial charge in [-0.3, -0.25) is 9.78 Å². The fourth-order valence-corrected chi connectivity index (χ4v) is 3.34. The lowest BCUT2D eigenvalue weighted by atomic mass is 10.1. The number of hydrogen-bond acceptors (Lipinski definition) is 3. The summed E-state index contributed by atoms with van der Waals surface area (Å²) in [6.45, 7) is 3.31. The van der Waals surface area contributed by atoms with Crippen LogP contribution in [-0.4, -0.2) is 27.3 Å². The molecule has 0 aliphatic rings. The summed E-state index contributed by atoms with van der Waals surface area (Å²) < 4.78 is 0. The minimum atomic E-state index is -0.0471. The molecule has 28 heavy (non-hydrogen) atoms. The van der Waals surface area contributed by atoms with E-state index in [1.807, 2.05) is 71.6 Å². The number of carbonyl (C=O) groups excluding carboxylic acids is 1. The Morgan fingerprint density at radius 3 is 2.18 bits per heavy atom. The van der Waals surface area contributed by atoms with E-state index in [2.05, 4.69) is 18.0 Å². The first kappa shape index (κ1) is 18.1. The van der Waals surface area contributed by atoms with Gasteiger partial charge in [-0.1, -0.05) is 61.9 Å². The van der Waals surface area contributed by atoms with E-state index >= 15 is 0 Å². The molecule has 0 spiro atoms. The molecule has 2 heterocycles. The molecule has 4 heteroatoms. The number of unbranched alkanes of at least 4 members (excludes halogenated alkanes) is 1. The summed E-state index contributed by atoms with van der Waals surface area (Å²) in [5, 5.41) is 2.14. The molecule has 0 radical (unpaired) electrons. The van der Waals surface area contributed by atoms with Crippen LogP contribution in [0.15, 0.2) is 72.8 Å². The normalized spacial score (nSPS) is 11.0. The minimum absolute atomic E-state index is 0.0471. The van der Waals surface area contributed by atoms with Crippen LogP contribution in [0, 0.1) is 0 Å². The number of rotatable bonds is 6. The van der Waals surface area contributed by atoms with E-state index in [0.29, 0.717) is 18.8 Å². The summed E-state index contributed by atoms with van der Waals surface area (Å²) in [6, 6.07) is 23.7. The molecule has 2 aromatic carbocycles. The maximum atomic E-state index is 13.2. The topological polar surface area (TPSA) is 46.1 Å². The van der Waals surface area contributed by atoms with E-state index in [1.54, 1.807) is 0 Å². The highest BCUT2D eigenvalue weighted by Crippen LogP contribution is 2.17. The number of para-hydroxylation sites is 2. The Balaban J connectivity index is 1.62. The van der Waals surface area contributed by atoms with Crippen LogP contribution < -0.4 is 0 Å². The highest BCUT2D eigenvalue weighted by Gasteiger charge is 2.18. The predicted molar refractivity (Wildman–Crippen MR) is 113 cm³/mol. The summed E-state index contributed by atoms with van der Waals surface area (Å²) in [5.41, 5.74) is 3.17. The number of amides is 1. The predicted octanol–water partition coefficient (Wildman–Crippen LogP) is 5.23. The molecule has 4 nitrogen and oxygen atoms in total. The summed E-state index contributed by atoms with van der Waals surface area (Å²) >= 11 is 0. The van der Waals surface area contributed by atoms with E-state index in [9.17, 15) is 4.79 Å². The third-order valence-corrected chi connectivity index (χ3v) is 4.90. The van der Waals surface area contributed by atoms with Crippen LogP contribution in [0.2, 0.25) is 0 Å². The molecule has 0 atom stereocenters. The van der Waals surface area contributed by atoms with Crippen molar-refractivity contribution in [3.63, 3.8) is 0 Å². The van der Waals surface area contributed by atoms with E-state index < -0.39 is 0 Å². The van der Waals surface area contributed by atoms with Gasteiger partial charge in [0.2, 0.25) is 0 Å². The largest absolute Gasteiger partial charge is 0.331 e. The molecule has 0 aliphatic carbocycles. The van der Waals surface area contributed by atoms with Crippen molar-refractivity contribution < 1.29 is 4.79 Å². The van der Waals surface area contributed by atoms with Gasteiger partial charge in [0.1, 0.15) is 5.69 Å². The molecule has 2 aromatic heterocycles. The van der Waals surface area contributed by atoms with E-state index in [0.717, 1.165) is 40.3 Å². The smallest absolute Gasteiger partial charge is 0.272 e. The van der Waals surface area contributed by atoms with Gasteiger partial charge in [0.25, 0.3) is 5.91 Å². The van der Waals surface area contributed by atoms with Gasteiger partial charge in [0, 0.05) is 17.3 Å². The number of hydrogen-bond donors (Lipinski definition) is 0. The van der Waals surface area contributed by atoms with Crippen LogP contribution in [0.4, 0.5) is 0 Å². The first-order valence-electron chi connectivity index (χ1n) is 9.74. The molecule has 1 amide bonds. The third kappa shape index (κ3) is 3.86. The van der Waals surface area contributed by atoms with Crippen LogP contribution in [0.25, 0.3) is 21.8 Å². The quantitative estimate of drug-likeness (QED) is 0.468. The second kappa shape index (κ2) is 8.17. The zero-order chi connectivity index (χ0) is 19.3. The number of pyridine rings is 2. The van der Waals surface area contributed by atoms with Crippen molar-refractivity contribution in [1.29, 1.82) is 0 Å². The first-order chi connectivity index (χ1) is 13.7. The zero-order valence-corrected chi connectivity index (χ0v) is 16.0. The van der Waals surface area contributed by atoms with Crippen LogP contribution in [0.5, 0.6) is 0 Å². The number of nitrogens with zero attached hydrogens (tertiary/aromatic N) is 3. The van der Waals surface area contributed by atoms with Gasteiger partial charge >= 0.3 is 0 Å². The average molecular weight is 369 g/mol. The number of aromatic nitrogens is 2. The molecule has 0 unspecified atom stereocenters. The average Bonchev–Trinajstić information content (AvgIpc) is 2.75.